The van der Waals surface area contributed by atoms with E-state index in [2.05, 4.69) is 47.2 Å². The van der Waals surface area contributed by atoms with Gasteiger partial charge in [-0.05, 0) is 56.2 Å². The predicted octanol–water partition coefficient (Wildman–Crippen LogP) is 5.04. The largest absolute Gasteiger partial charge is 0.344 e. The van der Waals surface area contributed by atoms with Crippen molar-refractivity contribution in [3.8, 4) is 0 Å². The summed E-state index contributed by atoms with van der Waals surface area (Å²) in [6, 6.07) is 22.0. The van der Waals surface area contributed by atoms with E-state index in [1.807, 2.05) is 55.5 Å². The normalized spacial score (nSPS) is 11.7. The van der Waals surface area contributed by atoms with Gasteiger partial charge < -0.3 is 10.2 Å². The molecule has 1 aromatic heterocycles. The van der Waals surface area contributed by atoms with Gasteiger partial charge in [-0.25, -0.2) is 0 Å². The van der Waals surface area contributed by atoms with Gasteiger partial charge in [-0.3, -0.25) is 9.78 Å². The summed E-state index contributed by atoms with van der Waals surface area (Å²) in [7, 11) is 0. The van der Waals surface area contributed by atoms with Gasteiger partial charge in [0, 0.05) is 24.1 Å². The molecule has 1 amide bonds. The van der Waals surface area contributed by atoms with Crippen LogP contribution in [0.15, 0.2) is 72.9 Å². The molecule has 3 rings (SSSR count). The van der Waals surface area contributed by atoms with Crippen molar-refractivity contribution < 1.29 is 4.79 Å². The first-order chi connectivity index (χ1) is 13.1. The standard InChI is InChI=1S/C23H25N3O/c1-4-26(20-12-8-9-17(2)15-20)21-13-14-24-22(16-21)23(27)25-18(3)19-10-6-5-7-11-19/h5-16,18H,4H2,1-3H3,(H,25,27). The van der Waals surface area contributed by atoms with Gasteiger partial charge in [-0.15, -0.1) is 0 Å². The molecule has 0 radical (unpaired) electrons. The van der Waals surface area contributed by atoms with E-state index in [0.717, 1.165) is 23.5 Å². The number of hydrogen-bond acceptors (Lipinski definition) is 3. The summed E-state index contributed by atoms with van der Waals surface area (Å²) in [5.41, 5.74) is 4.75. The third-order valence-electron chi connectivity index (χ3n) is 4.56. The van der Waals surface area contributed by atoms with Gasteiger partial charge in [0.1, 0.15) is 5.69 Å². The van der Waals surface area contributed by atoms with Crippen molar-refractivity contribution in [2.45, 2.75) is 26.8 Å². The number of rotatable bonds is 6. The monoisotopic (exact) mass is 359 g/mol. The van der Waals surface area contributed by atoms with Crippen molar-refractivity contribution in [1.29, 1.82) is 0 Å². The Kier molecular flexibility index (Phi) is 5.87. The molecule has 0 aliphatic rings. The number of benzene rings is 2. The molecule has 0 bridgehead atoms. The zero-order chi connectivity index (χ0) is 19.2. The Morgan fingerprint density at radius 1 is 1.04 bits per heavy atom. The van der Waals surface area contributed by atoms with Gasteiger partial charge in [0.2, 0.25) is 0 Å². The number of nitrogens with zero attached hydrogens (tertiary/aromatic N) is 2. The molecule has 0 aliphatic carbocycles. The first-order valence-corrected chi connectivity index (χ1v) is 9.24. The Hall–Kier alpha value is -3.14. The molecular formula is C23H25N3O. The van der Waals surface area contributed by atoms with Crippen LogP contribution in [0.5, 0.6) is 0 Å². The van der Waals surface area contributed by atoms with Crippen LogP contribution in [0, 0.1) is 6.92 Å². The SMILES string of the molecule is CCN(c1cccc(C)c1)c1ccnc(C(=O)NC(C)c2ccccc2)c1. The molecule has 138 valence electrons. The Balaban J connectivity index is 1.81. The van der Waals surface area contributed by atoms with Crippen LogP contribution in [0.1, 0.15) is 41.5 Å². The van der Waals surface area contributed by atoms with E-state index in [1.54, 1.807) is 6.20 Å². The molecule has 0 saturated carbocycles. The van der Waals surface area contributed by atoms with Crippen molar-refractivity contribution in [1.82, 2.24) is 10.3 Å². The Morgan fingerprint density at radius 2 is 1.78 bits per heavy atom. The lowest BCUT2D eigenvalue weighted by atomic mass is 10.1. The molecule has 3 aromatic rings. The molecule has 2 aromatic carbocycles. The quantitative estimate of drug-likeness (QED) is 0.671. The third-order valence-corrected chi connectivity index (χ3v) is 4.56. The highest BCUT2D eigenvalue weighted by Gasteiger charge is 2.15. The maximum Gasteiger partial charge on any atom is 0.270 e. The molecule has 27 heavy (non-hydrogen) atoms. The number of hydrogen-bond donors (Lipinski definition) is 1. The second-order valence-electron chi connectivity index (χ2n) is 6.59. The highest BCUT2D eigenvalue weighted by Crippen LogP contribution is 2.26. The van der Waals surface area contributed by atoms with Crippen molar-refractivity contribution in [3.05, 3.63) is 89.7 Å². The van der Waals surface area contributed by atoms with Crippen LogP contribution in [-0.4, -0.2) is 17.4 Å². The maximum atomic E-state index is 12.7. The summed E-state index contributed by atoms with van der Waals surface area (Å²) in [5.74, 6) is -0.173. The van der Waals surface area contributed by atoms with E-state index in [-0.39, 0.29) is 11.9 Å². The second kappa shape index (κ2) is 8.49. The number of carbonyl (C=O) groups excluding carboxylic acids is 1. The number of pyridine rings is 1. The molecule has 4 nitrogen and oxygen atoms in total. The van der Waals surface area contributed by atoms with Crippen molar-refractivity contribution in [2.75, 3.05) is 11.4 Å². The lowest BCUT2D eigenvalue weighted by Crippen LogP contribution is -2.27. The number of carbonyl (C=O) groups is 1. The van der Waals surface area contributed by atoms with Gasteiger partial charge in [0.15, 0.2) is 0 Å². The first kappa shape index (κ1) is 18.6. The van der Waals surface area contributed by atoms with E-state index in [4.69, 9.17) is 0 Å². The van der Waals surface area contributed by atoms with Crippen LogP contribution in [0.3, 0.4) is 0 Å². The molecule has 1 atom stereocenters. The van der Waals surface area contributed by atoms with Gasteiger partial charge >= 0.3 is 0 Å². The van der Waals surface area contributed by atoms with Crippen LogP contribution in [0.2, 0.25) is 0 Å². The van der Waals surface area contributed by atoms with Crippen LogP contribution < -0.4 is 10.2 Å². The molecule has 4 heteroatoms. The van der Waals surface area contributed by atoms with Crippen LogP contribution in [-0.2, 0) is 0 Å². The number of nitrogens with one attached hydrogen (secondary N) is 1. The zero-order valence-electron chi connectivity index (χ0n) is 16.0. The summed E-state index contributed by atoms with van der Waals surface area (Å²) in [6.45, 7) is 6.95. The fraction of sp³-hybridized carbons (Fsp3) is 0.217. The third kappa shape index (κ3) is 4.53. The van der Waals surface area contributed by atoms with Gasteiger partial charge in [0.25, 0.3) is 5.91 Å². The smallest absolute Gasteiger partial charge is 0.270 e. The topological polar surface area (TPSA) is 45.2 Å². The molecule has 1 unspecified atom stereocenters. The van der Waals surface area contributed by atoms with Crippen molar-refractivity contribution >= 4 is 17.3 Å². The van der Waals surface area contributed by atoms with Gasteiger partial charge in [0.05, 0.1) is 6.04 Å². The fourth-order valence-corrected chi connectivity index (χ4v) is 3.12. The number of amides is 1. The highest BCUT2D eigenvalue weighted by molar-refractivity contribution is 5.93. The predicted molar refractivity (Wildman–Crippen MR) is 110 cm³/mol. The summed E-state index contributed by atoms with van der Waals surface area (Å²) in [5, 5.41) is 3.03. The molecular weight excluding hydrogens is 334 g/mol. The average Bonchev–Trinajstić information content (AvgIpc) is 2.69. The van der Waals surface area contributed by atoms with Gasteiger partial charge in [-0.2, -0.15) is 0 Å². The van der Waals surface area contributed by atoms with E-state index in [9.17, 15) is 4.79 Å². The maximum absolute atomic E-state index is 12.7. The number of aryl methyl sites for hydroxylation is 1. The second-order valence-corrected chi connectivity index (χ2v) is 6.59. The Bertz CT molecular complexity index is 908. The van der Waals surface area contributed by atoms with E-state index >= 15 is 0 Å². The summed E-state index contributed by atoms with van der Waals surface area (Å²) >= 11 is 0. The molecule has 0 spiro atoms. The Morgan fingerprint density at radius 3 is 2.48 bits per heavy atom. The van der Waals surface area contributed by atoms with Gasteiger partial charge in [-0.1, -0.05) is 42.5 Å². The van der Waals surface area contributed by atoms with Crippen molar-refractivity contribution in [2.24, 2.45) is 0 Å². The van der Waals surface area contributed by atoms with E-state index < -0.39 is 0 Å². The molecule has 0 fully saturated rings. The number of anilines is 2. The lowest BCUT2D eigenvalue weighted by molar-refractivity contribution is 0.0935. The minimum atomic E-state index is -0.173. The van der Waals surface area contributed by atoms with Crippen LogP contribution >= 0.6 is 0 Å². The minimum Gasteiger partial charge on any atom is -0.344 e. The molecule has 1 heterocycles. The zero-order valence-corrected chi connectivity index (χ0v) is 16.0. The minimum absolute atomic E-state index is 0.0804. The van der Waals surface area contributed by atoms with Crippen LogP contribution in [0.4, 0.5) is 11.4 Å². The summed E-state index contributed by atoms with van der Waals surface area (Å²) in [6.07, 6.45) is 1.69. The summed E-state index contributed by atoms with van der Waals surface area (Å²) < 4.78 is 0. The lowest BCUT2D eigenvalue weighted by Gasteiger charge is -2.24. The van der Waals surface area contributed by atoms with Crippen LogP contribution in [0.25, 0.3) is 0 Å². The average molecular weight is 359 g/mol. The van der Waals surface area contributed by atoms with E-state index in [1.165, 1.54) is 5.56 Å². The Labute approximate surface area is 160 Å². The molecule has 0 aliphatic heterocycles. The number of aromatic nitrogens is 1. The highest BCUT2D eigenvalue weighted by atomic mass is 16.1. The summed E-state index contributed by atoms with van der Waals surface area (Å²) in [4.78, 5) is 19.1. The fourth-order valence-electron chi connectivity index (χ4n) is 3.12. The van der Waals surface area contributed by atoms with Crippen molar-refractivity contribution in [3.63, 3.8) is 0 Å². The molecule has 1 N–H and O–H groups in total. The first-order valence-electron chi connectivity index (χ1n) is 9.24. The van der Waals surface area contributed by atoms with E-state index in [0.29, 0.717) is 5.69 Å². The molecule has 0 saturated heterocycles.